The van der Waals surface area contributed by atoms with E-state index in [1.54, 1.807) is 0 Å². The average Bonchev–Trinajstić information content (AvgIpc) is 2.96. The number of nitrogens with one attached hydrogen (secondary N) is 2. The van der Waals surface area contributed by atoms with Crippen molar-refractivity contribution >= 4 is 18.3 Å². The molecule has 2 aliphatic heterocycles. The zero-order valence-corrected chi connectivity index (χ0v) is 11.1. The normalized spacial score (nSPS) is 27.8. The maximum atomic E-state index is 11.6. The van der Waals surface area contributed by atoms with E-state index in [0.29, 0.717) is 18.4 Å². The van der Waals surface area contributed by atoms with Gasteiger partial charge in [-0.15, -0.1) is 12.4 Å². The number of hydrogen-bond acceptors (Lipinski definition) is 3. The van der Waals surface area contributed by atoms with Crippen molar-refractivity contribution in [1.29, 1.82) is 0 Å². The molecular formula is C12H23ClN2O2. The largest absolute Gasteiger partial charge is 0.378 e. The molecule has 2 rings (SSSR count). The summed E-state index contributed by atoms with van der Waals surface area (Å²) in [7, 11) is 0. The van der Waals surface area contributed by atoms with Crippen LogP contribution in [0.3, 0.4) is 0 Å². The Morgan fingerprint density at radius 1 is 1.41 bits per heavy atom. The van der Waals surface area contributed by atoms with Gasteiger partial charge in [0.25, 0.3) is 0 Å². The smallest absolute Gasteiger partial charge is 0.220 e. The van der Waals surface area contributed by atoms with Gasteiger partial charge in [0, 0.05) is 19.6 Å². The summed E-state index contributed by atoms with van der Waals surface area (Å²) < 4.78 is 5.49. The van der Waals surface area contributed by atoms with E-state index >= 15 is 0 Å². The van der Waals surface area contributed by atoms with E-state index in [1.165, 1.54) is 6.42 Å². The minimum Gasteiger partial charge on any atom is -0.378 e. The number of hydrogen-bond donors (Lipinski definition) is 2. The summed E-state index contributed by atoms with van der Waals surface area (Å²) in [6.45, 7) is 3.85. The number of halogens is 1. The van der Waals surface area contributed by atoms with Crippen molar-refractivity contribution in [1.82, 2.24) is 10.6 Å². The van der Waals surface area contributed by atoms with Gasteiger partial charge in [-0.05, 0) is 44.7 Å². The molecular weight excluding hydrogens is 240 g/mol. The van der Waals surface area contributed by atoms with E-state index in [-0.39, 0.29) is 18.3 Å². The number of carbonyl (C=O) groups excluding carboxylic acids is 1. The molecule has 0 radical (unpaired) electrons. The Morgan fingerprint density at radius 2 is 2.29 bits per heavy atom. The van der Waals surface area contributed by atoms with E-state index in [0.717, 1.165) is 45.5 Å². The van der Waals surface area contributed by atoms with E-state index in [1.807, 2.05) is 0 Å². The van der Waals surface area contributed by atoms with E-state index in [2.05, 4.69) is 10.6 Å². The topological polar surface area (TPSA) is 50.4 Å². The lowest BCUT2D eigenvalue weighted by Crippen LogP contribution is -2.30. The van der Waals surface area contributed by atoms with Crippen molar-refractivity contribution in [2.45, 2.75) is 38.2 Å². The highest BCUT2D eigenvalue weighted by Gasteiger charge is 2.18. The van der Waals surface area contributed by atoms with Crippen LogP contribution in [0, 0.1) is 5.92 Å². The highest BCUT2D eigenvalue weighted by molar-refractivity contribution is 5.85. The molecule has 0 aromatic heterocycles. The van der Waals surface area contributed by atoms with Crippen LogP contribution in [0.1, 0.15) is 32.1 Å². The van der Waals surface area contributed by atoms with Gasteiger partial charge in [0.05, 0.1) is 6.10 Å². The minimum absolute atomic E-state index is 0. The molecule has 4 nitrogen and oxygen atoms in total. The first-order valence-corrected chi connectivity index (χ1v) is 6.43. The van der Waals surface area contributed by atoms with Crippen LogP contribution in [0.15, 0.2) is 0 Å². The number of ether oxygens (including phenoxy) is 1. The third kappa shape index (κ3) is 5.23. The second-order valence-electron chi connectivity index (χ2n) is 4.84. The summed E-state index contributed by atoms with van der Waals surface area (Å²) in [4.78, 5) is 11.6. The van der Waals surface area contributed by atoms with Gasteiger partial charge >= 0.3 is 0 Å². The van der Waals surface area contributed by atoms with Crippen molar-refractivity contribution < 1.29 is 9.53 Å². The number of rotatable bonds is 5. The number of carbonyl (C=O) groups is 1. The molecule has 2 heterocycles. The lowest BCUT2D eigenvalue weighted by molar-refractivity contribution is -0.121. The Hall–Kier alpha value is -0.320. The molecule has 2 unspecified atom stereocenters. The average molecular weight is 263 g/mol. The van der Waals surface area contributed by atoms with Gasteiger partial charge in [0.2, 0.25) is 5.91 Å². The fourth-order valence-corrected chi connectivity index (χ4v) is 2.40. The zero-order valence-electron chi connectivity index (χ0n) is 10.2. The summed E-state index contributed by atoms with van der Waals surface area (Å²) in [5.41, 5.74) is 0. The SMILES string of the molecule is Cl.O=C(CCC1CCCO1)NCC1CCNC1. The van der Waals surface area contributed by atoms with E-state index < -0.39 is 0 Å². The summed E-state index contributed by atoms with van der Waals surface area (Å²) in [6.07, 6.45) is 5.30. The van der Waals surface area contributed by atoms with Crippen molar-refractivity contribution in [3.63, 3.8) is 0 Å². The zero-order chi connectivity index (χ0) is 11.2. The molecule has 2 saturated heterocycles. The molecule has 2 N–H and O–H groups in total. The van der Waals surface area contributed by atoms with Crippen molar-refractivity contribution in [3.05, 3.63) is 0 Å². The van der Waals surface area contributed by atoms with Gasteiger partial charge in [-0.3, -0.25) is 4.79 Å². The third-order valence-corrected chi connectivity index (χ3v) is 3.47. The van der Waals surface area contributed by atoms with Crippen LogP contribution in [-0.4, -0.2) is 38.3 Å². The van der Waals surface area contributed by atoms with Gasteiger partial charge in [-0.2, -0.15) is 0 Å². The highest BCUT2D eigenvalue weighted by Crippen LogP contribution is 2.16. The predicted molar refractivity (Wildman–Crippen MR) is 69.4 cm³/mol. The minimum atomic E-state index is 0. The summed E-state index contributed by atoms with van der Waals surface area (Å²) in [5.74, 6) is 0.814. The van der Waals surface area contributed by atoms with Crippen molar-refractivity contribution in [3.8, 4) is 0 Å². The molecule has 0 aromatic rings. The van der Waals surface area contributed by atoms with Gasteiger partial charge in [-0.1, -0.05) is 0 Å². The first-order valence-electron chi connectivity index (χ1n) is 6.43. The van der Waals surface area contributed by atoms with Crippen molar-refractivity contribution in [2.24, 2.45) is 5.92 Å². The molecule has 0 saturated carbocycles. The quantitative estimate of drug-likeness (QED) is 0.780. The molecule has 2 fully saturated rings. The first kappa shape index (κ1) is 14.7. The maximum Gasteiger partial charge on any atom is 0.220 e. The van der Waals surface area contributed by atoms with Crippen LogP contribution < -0.4 is 10.6 Å². The molecule has 17 heavy (non-hydrogen) atoms. The van der Waals surface area contributed by atoms with Crippen LogP contribution in [0.25, 0.3) is 0 Å². The lowest BCUT2D eigenvalue weighted by Gasteiger charge is -2.11. The molecule has 0 aromatic carbocycles. The maximum absolute atomic E-state index is 11.6. The van der Waals surface area contributed by atoms with Crippen LogP contribution >= 0.6 is 12.4 Å². The first-order chi connectivity index (χ1) is 7.84. The molecule has 2 atom stereocenters. The van der Waals surface area contributed by atoms with Crippen LogP contribution in [-0.2, 0) is 9.53 Å². The van der Waals surface area contributed by atoms with E-state index in [4.69, 9.17) is 4.74 Å². The fourth-order valence-electron chi connectivity index (χ4n) is 2.40. The fraction of sp³-hybridized carbons (Fsp3) is 0.917. The van der Waals surface area contributed by atoms with Crippen LogP contribution in [0.2, 0.25) is 0 Å². The Balaban J connectivity index is 0.00000144. The molecule has 5 heteroatoms. The Kier molecular flexibility index (Phi) is 6.85. The summed E-state index contributed by atoms with van der Waals surface area (Å²) in [6, 6.07) is 0. The van der Waals surface area contributed by atoms with Gasteiger partial charge in [-0.25, -0.2) is 0 Å². The molecule has 1 amide bonds. The van der Waals surface area contributed by atoms with Crippen LogP contribution in [0.4, 0.5) is 0 Å². The summed E-state index contributed by atoms with van der Waals surface area (Å²) in [5, 5.41) is 6.32. The lowest BCUT2D eigenvalue weighted by atomic mass is 10.1. The molecule has 2 aliphatic rings. The molecule has 0 aliphatic carbocycles. The molecule has 0 spiro atoms. The molecule has 0 bridgehead atoms. The Bertz CT molecular complexity index is 205. The standard InChI is InChI=1S/C12H22N2O2.ClH/c15-12(4-3-11-2-1-7-16-11)14-9-10-5-6-13-8-10;/h10-11,13H,1-9H2,(H,14,15);1H. The third-order valence-electron chi connectivity index (χ3n) is 3.47. The second-order valence-corrected chi connectivity index (χ2v) is 4.84. The Morgan fingerprint density at radius 3 is 2.94 bits per heavy atom. The van der Waals surface area contributed by atoms with Gasteiger partial charge < -0.3 is 15.4 Å². The van der Waals surface area contributed by atoms with Gasteiger partial charge in [0.15, 0.2) is 0 Å². The van der Waals surface area contributed by atoms with Gasteiger partial charge in [0.1, 0.15) is 0 Å². The molecule has 100 valence electrons. The van der Waals surface area contributed by atoms with E-state index in [9.17, 15) is 4.79 Å². The number of amides is 1. The monoisotopic (exact) mass is 262 g/mol. The van der Waals surface area contributed by atoms with Crippen LogP contribution in [0.5, 0.6) is 0 Å². The summed E-state index contributed by atoms with van der Waals surface area (Å²) >= 11 is 0. The highest BCUT2D eigenvalue weighted by atomic mass is 35.5. The van der Waals surface area contributed by atoms with Crippen molar-refractivity contribution in [2.75, 3.05) is 26.2 Å². The second kappa shape index (κ2) is 7.90. The predicted octanol–water partition coefficient (Wildman–Crippen LogP) is 1.09. The Labute approximate surface area is 109 Å².